The Hall–Kier alpha value is -1.36. The number of nitrogens with one attached hydrogen (secondary N) is 1. The topological polar surface area (TPSA) is 49.4 Å². The van der Waals surface area contributed by atoms with Crippen molar-refractivity contribution in [3.05, 3.63) is 35.4 Å². The minimum absolute atomic E-state index is 0.220. The van der Waals surface area contributed by atoms with Crippen LogP contribution < -0.4 is 5.32 Å². The Kier molecular flexibility index (Phi) is 1.89. The van der Waals surface area contributed by atoms with Crippen molar-refractivity contribution in [1.82, 2.24) is 9.24 Å². The maximum Gasteiger partial charge on any atom is 0.335 e. The van der Waals surface area contributed by atoms with Gasteiger partial charge in [-0.05, 0) is 24.0 Å². The summed E-state index contributed by atoms with van der Waals surface area (Å²) in [5.74, 6) is -0.220. The maximum atomic E-state index is 12.1. The molecule has 0 saturated carbocycles. The third-order valence-electron chi connectivity index (χ3n) is 3.29. The van der Waals surface area contributed by atoms with Gasteiger partial charge in [0, 0.05) is 0 Å². The van der Waals surface area contributed by atoms with Gasteiger partial charge in [0.25, 0.3) is 5.91 Å². The zero-order valence-electron chi connectivity index (χ0n) is 8.37. The maximum absolute atomic E-state index is 12.1. The Balaban J connectivity index is 2.16. The molecule has 1 unspecified atom stereocenters. The second-order valence-corrected chi connectivity index (χ2v) is 4.79. The summed E-state index contributed by atoms with van der Waals surface area (Å²) in [6, 6.07) is 7.36. The number of hydrogen-bond acceptors (Lipinski definition) is 2. The van der Waals surface area contributed by atoms with Gasteiger partial charge in [0.1, 0.15) is 5.54 Å². The summed E-state index contributed by atoms with van der Waals surface area (Å²) in [5.41, 5.74) is 1.23. The van der Waals surface area contributed by atoms with E-state index in [1.807, 2.05) is 24.3 Å². The predicted octanol–water partition coefficient (Wildman–Crippen LogP) is 1.69. The van der Waals surface area contributed by atoms with Gasteiger partial charge >= 0.3 is 6.03 Å². The fourth-order valence-corrected chi connectivity index (χ4v) is 2.90. The molecule has 1 aliphatic carbocycles. The fourth-order valence-electron chi connectivity index (χ4n) is 2.51. The molecule has 0 aromatic heterocycles. The van der Waals surface area contributed by atoms with Crippen molar-refractivity contribution in [3.63, 3.8) is 0 Å². The highest BCUT2D eigenvalue weighted by molar-refractivity contribution is 9.08. The van der Waals surface area contributed by atoms with Crippen LogP contribution in [0.4, 0.5) is 4.79 Å². The van der Waals surface area contributed by atoms with Gasteiger partial charge in [-0.25, -0.2) is 4.79 Å². The highest BCUT2D eigenvalue weighted by atomic mass is 79.9. The van der Waals surface area contributed by atoms with Gasteiger partial charge in [0.2, 0.25) is 0 Å². The second-order valence-electron chi connectivity index (χ2n) is 4.08. The van der Waals surface area contributed by atoms with Crippen molar-refractivity contribution >= 4 is 28.1 Å². The first-order chi connectivity index (χ1) is 7.65. The van der Waals surface area contributed by atoms with Gasteiger partial charge in [-0.1, -0.05) is 24.3 Å². The van der Waals surface area contributed by atoms with Crippen LogP contribution in [0, 0.1) is 0 Å². The van der Waals surface area contributed by atoms with Crippen molar-refractivity contribution in [1.29, 1.82) is 0 Å². The van der Waals surface area contributed by atoms with Gasteiger partial charge in [-0.3, -0.25) is 4.79 Å². The number of rotatable bonds is 0. The third-order valence-corrected chi connectivity index (χ3v) is 3.93. The van der Waals surface area contributed by atoms with E-state index in [0.29, 0.717) is 6.42 Å². The molecule has 1 saturated heterocycles. The molecule has 1 N–H and O–H groups in total. The lowest BCUT2D eigenvalue weighted by Gasteiger charge is -2.21. The largest absolute Gasteiger partial charge is 0.335 e. The van der Waals surface area contributed by atoms with Crippen LogP contribution in [0.1, 0.15) is 17.5 Å². The number of hydrogen-bond donors (Lipinski definition) is 1. The smallest absolute Gasteiger partial charge is 0.318 e. The minimum atomic E-state index is -0.836. The van der Waals surface area contributed by atoms with Crippen molar-refractivity contribution in [3.8, 4) is 0 Å². The lowest BCUT2D eigenvalue weighted by Crippen LogP contribution is -2.41. The van der Waals surface area contributed by atoms with Gasteiger partial charge in [0.05, 0.1) is 16.1 Å². The van der Waals surface area contributed by atoms with Crippen molar-refractivity contribution in [2.75, 3.05) is 0 Å². The van der Waals surface area contributed by atoms with Crippen LogP contribution in [0.2, 0.25) is 0 Å². The average Bonchev–Trinajstić information content (AvgIpc) is 2.77. The molecule has 1 aliphatic heterocycles. The van der Waals surface area contributed by atoms with Crippen molar-refractivity contribution in [2.45, 2.75) is 18.4 Å². The van der Waals surface area contributed by atoms with Gasteiger partial charge < -0.3 is 5.32 Å². The SMILES string of the molecule is O=C1NC2(CCc3ccccc32)C(=O)N1Br. The Morgan fingerprint density at radius 2 is 2.06 bits per heavy atom. The summed E-state index contributed by atoms with van der Waals surface area (Å²) in [7, 11) is 0. The molecule has 0 radical (unpaired) electrons. The molecule has 4 nitrogen and oxygen atoms in total. The van der Waals surface area contributed by atoms with Crippen LogP contribution in [0.25, 0.3) is 0 Å². The zero-order chi connectivity index (χ0) is 11.3. The monoisotopic (exact) mass is 280 g/mol. The molecule has 1 aromatic carbocycles. The number of halogens is 1. The highest BCUT2D eigenvalue weighted by Gasteiger charge is 2.54. The summed E-state index contributed by atoms with van der Waals surface area (Å²) in [6.45, 7) is 0. The number of aryl methyl sites for hydroxylation is 1. The summed E-state index contributed by atoms with van der Waals surface area (Å²) in [4.78, 5) is 23.6. The molecule has 1 aromatic rings. The van der Waals surface area contributed by atoms with Crippen LogP contribution in [0.3, 0.4) is 0 Å². The van der Waals surface area contributed by atoms with E-state index in [1.165, 1.54) is 0 Å². The molecule has 5 heteroatoms. The number of nitrogens with zero attached hydrogens (tertiary/aromatic N) is 1. The summed E-state index contributed by atoms with van der Waals surface area (Å²) < 4.78 is 0.981. The van der Waals surface area contributed by atoms with Crippen molar-refractivity contribution in [2.24, 2.45) is 0 Å². The molecule has 0 bridgehead atoms. The zero-order valence-corrected chi connectivity index (χ0v) is 9.95. The van der Waals surface area contributed by atoms with Crippen LogP contribution in [0.5, 0.6) is 0 Å². The number of carbonyl (C=O) groups excluding carboxylic acids is 2. The first-order valence-corrected chi connectivity index (χ1v) is 5.77. The van der Waals surface area contributed by atoms with E-state index in [0.717, 1.165) is 21.5 Å². The molecule has 2 aliphatic rings. The molecule has 82 valence electrons. The fraction of sp³-hybridized carbons (Fsp3) is 0.273. The van der Waals surface area contributed by atoms with Gasteiger partial charge in [-0.2, -0.15) is 3.93 Å². The average molecular weight is 281 g/mol. The quantitative estimate of drug-likeness (QED) is 0.581. The van der Waals surface area contributed by atoms with Crippen LogP contribution in [-0.2, 0) is 16.8 Å². The molecular weight excluding hydrogens is 272 g/mol. The normalized spacial score (nSPS) is 27.4. The van der Waals surface area contributed by atoms with E-state index in [9.17, 15) is 9.59 Å². The number of carbonyl (C=O) groups is 2. The van der Waals surface area contributed by atoms with E-state index in [4.69, 9.17) is 0 Å². The Morgan fingerprint density at radius 3 is 2.75 bits per heavy atom. The lowest BCUT2D eigenvalue weighted by molar-refractivity contribution is -0.127. The molecule has 16 heavy (non-hydrogen) atoms. The first kappa shape index (κ1) is 9.84. The minimum Gasteiger partial charge on any atom is -0.318 e. The number of imide groups is 1. The van der Waals surface area contributed by atoms with Crippen LogP contribution >= 0.6 is 16.1 Å². The molecule has 1 atom stereocenters. The first-order valence-electron chi connectivity index (χ1n) is 5.06. The number of urea groups is 1. The van der Waals surface area contributed by atoms with E-state index in [1.54, 1.807) is 0 Å². The van der Waals surface area contributed by atoms with E-state index >= 15 is 0 Å². The summed E-state index contributed by atoms with van der Waals surface area (Å²) in [6.07, 6.45) is 1.46. The van der Waals surface area contributed by atoms with E-state index < -0.39 is 5.54 Å². The standard InChI is InChI=1S/C11H9BrN2O2/c12-14-9(15)11(13-10(14)16)6-5-7-3-1-2-4-8(7)11/h1-4H,5-6H2,(H,13,16). The summed E-state index contributed by atoms with van der Waals surface area (Å²) >= 11 is 2.98. The van der Waals surface area contributed by atoms with E-state index in [2.05, 4.69) is 21.5 Å². The number of benzene rings is 1. The van der Waals surface area contributed by atoms with Gasteiger partial charge in [-0.15, -0.1) is 0 Å². The third kappa shape index (κ3) is 1.04. The van der Waals surface area contributed by atoms with Gasteiger partial charge in [0.15, 0.2) is 0 Å². The Bertz CT molecular complexity index is 503. The predicted molar refractivity (Wildman–Crippen MR) is 60.7 cm³/mol. The highest BCUT2D eigenvalue weighted by Crippen LogP contribution is 2.41. The number of fused-ring (bicyclic) bond motifs is 2. The second kappa shape index (κ2) is 3.07. The molecule has 3 amide bonds. The number of amides is 3. The molecule has 1 heterocycles. The molecule has 1 spiro atoms. The van der Waals surface area contributed by atoms with E-state index in [-0.39, 0.29) is 11.9 Å². The van der Waals surface area contributed by atoms with Crippen LogP contribution in [-0.4, -0.2) is 15.9 Å². The Labute approximate surface area is 101 Å². The molecule has 1 fully saturated rings. The molecular formula is C11H9BrN2O2. The molecule has 3 rings (SSSR count). The van der Waals surface area contributed by atoms with Crippen molar-refractivity contribution < 1.29 is 9.59 Å². The lowest BCUT2D eigenvalue weighted by atomic mass is 9.92. The Morgan fingerprint density at radius 1 is 1.31 bits per heavy atom. The summed E-state index contributed by atoms with van der Waals surface area (Å²) in [5, 5.41) is 2.78. The van der Waals surface area contributed by atoms with Crippen LogP contribution in [0.15, 0.2) is 24.3 Å².